The molecule has 0 radical (unpaired) electrons. The van der Waals surface area contributed by atoms with Gasteiger partial charge in [-0.1, -0.05) is 13.8 Å². The average Bonchev–Trinajstić information content (AvgIpc) is 2.82. The van der Waals surface area contributed by atoms with Crippen LogP contribution in [0.25, 0.3) is 0 Å². The molecule has 7 nitrogen and oxygen atoms in total. The van der Waals surface area contributed by atoms with E-state index in [1.54, 1.807) is 6.92 Å². The van der Waals surface area contributed by atoms with Crippen LogP contribution in [-0.2, 0) is 16.3 Å². The highest BCUT2D eigenvalue weighted by Gasteiger charge is 2.20. The molecule has 0 aliphatic carbocycles. The molecule has 1 aromatic rings. The highest BCUT2D eigenvalue weighted by atomic mass is 32.2. The Bertz CT molecular complexity index is 601. The topological polar surface area (TPSA) is 114 Å². The van der Waals surface area contributed by atoms with Gasteiger partial charge in [0.2, 0.25) is 0 Å². The molecule has 20 heavy (non-hydrogen) atoms. The van der Waals surface area contributed by atoms with Crippen LogP contribution in [0.4, 0.5) is 0 Å². The SMILES string of the molecule is CCc1oc(C(=O)NCCS(=O)(=O)CC)cc1C(=O)O. The van der Waals surface area contributed by atoms with Crippen molar-refractivity contribution in [1.29, 1.82) is 0 Å². The van der Waals surface area contributed by atoms with Crippen molar-refractivity contribution in [3.63, 3.8) is 0 Å². The summed E-state index contributed by atoms with van der Waals surface area (Å²) in [4.78, 5) is 22.7. The second kappa shape index (κ2) is 6.56. The molecular formula is C12H17NO6S. The van der Waals surface area contributed by atoms with E-state index in [0.717, 1.165) is 6.07 Å². The molecule has 1 heterocycles. The second-order valence-corrected chi connectivity index (χ2v) is 6.57. The summed E-state index contributed by atoms with van der Waals surface area (Å²) in [6.45, 7) is 3.19. The zero-order chi connectivity index (χ0) is 15.3. The number of sulfone groups is 1. The Labute approximate surface area is 116 Å². The molecule has 0 aliphatic heterocycles. The molecule has 112 valence electrons. The number of rotatable bonds is 7. The summed E-state index contributed by atoms with van der Waals surface area (Å²) in [7, 11) is -3.16. The zero-order valence-electron chi connectivity index (χ0n) is 11.3. The van der Waals surface area contributed by atoms with Crippen molar-refractivity contribution in [3.05, 3.63) is 23.2 Å². The Kier molecular flexibility index (Phi) is 5.32. The lowest BCUT2D eigenvalue weighted by atomic mass is 10.2. The first-order chi connectivity index (χ1) is 9.30. The van der Waals surface area contributed by atoms with Crippen molar-refractivity contribution in [1.82, 2.24) is 5.32 Å². The summed E-state index contributed by atoms with van der Waals surface area (Å²) in [6, 6.07) is 1.14. The van der Waals surface area contributed by atoms with Crippen molar-refractivity contribution in [2.45, 2.75) is 20.3 Å². The van der Waals surface area contributed by atoms with Gasteiger partial charge in [-0.15, -0.1) is 0 Å². The number of carboxylic acid groups (broad SMARTS) is 1. The molecule has 0 saturated heterocycles. The van der Waals surface area contributed by atoms with Gasteiger partial charge in [0.05, 0.1) is 5.75 Å². The molecule has 0 bridgehead atoms. The molecule has 1 amide bonds. The van der Waals surface area contributed by atoms with Gasteiger partial charge in [0.15, 0.2) is 15.6 Å². The lowest BCUT2D eigenvalue weighted by molar-refractivity contribution is 0.0694. The van der Waals surface area contributed by atoms with E-state index in [4.69, 9.17) is 9.52 Å². The third-order valence-electron chi connectivity index (χ3n) is 2.72. The quantitative estimate of drug-likeness (QED) is 0.766. The van der Waals surface area contributed by atoms with Crippen molar-refractivity contribution >= 4 is 21.7 Å². The summed E-state index contributed by atoms with van der Waals surface area (Å²) < 4.78 is 27.7. The molecule has 0 fully saturated rings. The lowest BCUT2D eigenvalue weighted by Crippen LogP contribution is -2.29. The molecule has 1 rings (SSSR count). The minimum Gasteiger partial charge on any atom is -0.478 e. The fourth-order valence-electron chi connectivity index (χ4n) is 1.54. The maximum atomic E-state index is 11.7. The van der Waals surface area contributed by atoms with E-state index < -0.39 is 21.7 Å². The molecule has 0 unspecified atom stereocenters. The first-order valence-electron chi connectivity index (χ1n) is 6.15. The normalized spacial score (nSPS) is 11.3. The summed E-state index contributed by atoms with van der Waals surface area (Å²) >= 11 is 0. The Morgan fingerprint density at radius 1 is 1.35 bits per heavy atom. The van der Waals surface area contributed by atoms with E-state index in [1.165, 1.54) is 6.92 Å². The van der Waals surface area contributed by atoms with Gasteiger partial charge in [0.1, 0.15) is 11.3 Å². The van der Waals surface area contributed by atoms with Gasteiger partial charge in [-0.05, 0) is 0 Å². The predicted molar refractivity (Wildman–Crippen MR) is 71.7 cm³/mol. The first kappa shape index (κ1) is 16.2. The van der Waals surface area contributed by atoms with Gasteiger partial charge in [-0.3, -0.25) is 4.79 Å². The van der Waals surface area contributed by atoms with Crippen LogP contribution in [-0.4, -0.2) is 43.5 Å². The van der Waals surface area contributed by atoms with E-state index in [1.807, 2.05) is 0 Å². The van der Waals surface area contributed by atoms with Crippen molar-refractivity contribution in [2.24, 2.45) is 0 Å². The number of hydrogen-bond acceptors (Lipinski definition) is 5. The number of furan rings is 1. The van der Waals surface area contributed by atoms with Crippen molar-refractivity contribution < 1.29 is 27.5 Å². The van der Waals surface area contributed by atoms with Crippen LogP contribution in [0, 0.1) is 0 Å². The van der Waals surface area contributed by atoms with Crippen LogP contribution < -0.4 is 5.32 Å². The molecule has 0 spiro atoms. The van der Waals surface area contributed by atoms with Gasteiger partial charge in [0.25, 0.3) is 5.91 Å². The Morgan fingerprint density at radius 2 is 2.00 bits per heavy atom. The maximum absolute atomic E-state index is 11.7. The fourth-order valence-corrected chi connectivity index (χ4v) is 2.24. The van der Waals surface area contributed by atoms with E-state index in [0.29, 0.717) is 6.42 Å². The zero-order valence-corrected chi connectivity index (χ0v) is 12.1. The third-order valence-corrected chi connectivity index (χ3v) is 4.43. The standard InChI is InChI=1S/C12H17NO6S/c1-3-9-8(12(15)16)7-10(19-9)11(14)13-5-6-20(17,18)4-2/h7H,3-6H2,1-2H3,(H,13,14)(H,15,16). The Morgan fingerprint density at radius 3 is 2.45 bits per heavy atom. The van der Waals surface area contributed by atoms with E-state index in [9.17, 15) is 18.0 Å². The predicted octanol–water partition coefficient (Wildman–Crippen LogP) is 0.705. The van der Waals surface area contributed by atoms with Crippen LogP contribution in [0.2, 0.25) is 0 Å². The molecule has 8 heteroatoms. The third kappa shape index (κ3) is 4.09. The van der Waals surface area contributed by atoms with E-state index >= 15 is 0 Å². The summed E-state index contributed by atoms with van der Waals surface area (Å²) in [5.41, 5.74) is -0.0566. The molecule has 0 aromatic carbocycles. The van der Waals surface area contributed by atoms with E-state index in [-0.39, 0.29) is 35.1 Å². The lowest BCUT2D eigenvalue weighted by Gasteiger charge is -2.03. The number of hydrogen-bond donors (Lipinski definition) is 2. The van der Waals surface area contributed by atoms with Crippen LogP contribution >= 0.6 is 0 Å². The van der Waals surface area contributed by atoms with Crippen LogP contribution in [0.15, 0.2) is 10.5 Å². The monoisotopic (exact) mass is 303 g/mol. The average molecular weight is 303 g/mol. The highest BCUT2D eigenvalue weighted by Crippen LogP contribution is 2.16. The second-order valence-electron chi connectivity index (χ2n) is 4.10. The Hall–Kier alpha value is -1.83. The summed E-state index contributed by atoms with van der Waals surface area (Å²) in [6.07, 6.45) is 0.346. The first-order valence-corrected chi connectivity index (χ1v) is 7.97. The number of carbonyl (C=O) groups excluding carboxylic acids is 1. The fraction of sp³-hybridized carbons (Fsp3) is 0.500. The number of nitrogens with one attached hydrogen (secondary N) is 1. The van der Waals surface area contributed by atoms with Gasteiger partial charge in [-0.2, -0.15) is 0 Å². The smallest absolute Gasteiger partial charge is 0.339 e. The van der Waals surface area contributed by atoms with E-state index in [2.05, 4.69) is 5.32 Å². The van der Waals surface area contributed by atoms with Gasteiger partial charge in [0, 0.05) is 24.8 Å². The molecular weight excluding hydrogens is 286 g/mol. The van der Waals surface area contributed by atoms with Gasteiger partial charge in [-0.25, -0.2) is 13.2 Å². The number of aryl methyl sites for hydroxylation is 1. The maximum Gasteiger partial charge on any atom is 0.339 e. The van der Waals surface area contributed by atoms with Crippen LogP contribution in [0.1, 0.15) is 40.5 Å². The number of aromatic carboxylic acids is 1. The largest absolute Gasteiger partial charge is 0.478 e. The molecule has 0 atom stereocenters. The van der Waals surface area contributed by atoms with Crippen molar-refractivity contribution in [2.75, 3.05) is 18.1 Å². The molecule has 0 aliphatic rings. The van der Waals surface area contributed by atoms with Crippen LogP contribution in [0.5, 0.6) is 0 Å². The minimum absolute atomic E-state index is 0.00671. The van der Waals surface area contributed by atoms with Crippen molar-refractivity contribution in [3.8, 4) is 0 Å². The number of carboxylic acids is 1. The Balaban J connectivity index is 2.71. The van der Waals surface area contributed by atoms with Gasteiger partial charge >= 0.3 is 5.97 Å². The molecule has 0 saturated carbocycles. The molecule has 2 N–H and O–H groups in total. The highest BCUT2D eigenvalue weighted by molar-refractivity contribution is 7.91. The van der Waals surface area contributed by atoms with Crippen LogP contribution in [0.3, 0.4) is 0 Å². The molecule has 1 aromatic heterocycles. The van der Waals surface area contributed by atoms with Gasteiger partial charge < -0.3 is 14.8 Å². The number of amides is 1. The number of carbonyl (C=O) groups is 2. The summed E-state index contributed by atoms with van der Waals surface area (Å²) in [5.74, 6) is -1.87. The summed E-state index contributed by atoms with van der Waals surface area (Å²) in [5, 5.41) is 11.3. The minimum atomic E-state index is -3.16.